The lowest BCUT2D eigenvalue weighted by atomic mass is 9.91. The molecule has 0 aliphatic heterocycles. The van der Waals surface area contributed by atoms with Crippen molar-refractivity contribution in [2.24, 2.45) is 5.41 Å². The van der Waals surface area contributed by atoms with Crippen LogP contribution in [-0.4, -0.2) is 18.7 Å². The lowest BCUT2D eigenvalue weighted by molar-refractivity contribution is -0.149. The number of carbonyl (C=O) groups is 2. The van der Waals surface area contributed by atoms with Crippen molar-refractivity contribution in [2.45, 2.75) is 59.8 Å². The summed E-state index contributed by atoms with van der Waals surface area (Å²) in [7, 11) is 0. The average Bonchev–Trinajstić information content (AvgIpc) is 2.28. The van der Waals surface area contributed by atoms with Gasteiger partial charge in [-0.1, -0.05) is 33.1 Å². The molecule has 0 aromatic heterocycles. The largest absolute Gasteiger partial charge is 0.516 e. The fourth-order valence-corrected chi connectivity index (χ4v) is 1.07. The van der Waals surface area contributed by atoms with E-state index in [9.17, 15) is 9.59 Å². The summed E-state index contributed by atoms with van der Waals surface area (Å²) in [6.07, 6.45) is 3.84. The maximum absolute atomic E-state index is 11.5. The Morgan fingerprint density at radius 1 is 1.06 bits per heavy atom. The molecule has 0 saturated carbocycles. The van der Waals surface area contributed by atoms with Crippen molar-refractivity contribution in [3.05, 3.63) is 0 Å². The SMILES string of the molecule is CCCCCCOC(=O)OC(=O)C(C)(C)CC. The molecule has 0 aliphatic rings. The molecule has 0 aromatic rings. The summed E-state index contributed by atoms with van der Waals surface area (Å²) >= 11 is 0. The maximum atomic E-state index is 11.5. The molecule has 0 rings (SSSR count). The summed E-state index contributed by atoms with van der Waals surface area (Å²) in [5, 5.41) is 0. The van der Waals surface area contributed by atoms with E-state index in [2.05, 4.69) is 11.7 Å². The average molecular weight is 244 g/mol. The topological polar surface area (TPSA) is 52.6 Å². The van der Waals surface area contributed by atoms with Crippen molar-refractivity contribution in [1.82, 2.24) is 0 Å². The molecule has 100 valence electrons. The molecule has 0 amide bonds. The number of unbranched alkanes of at least 4 members (excludes halogenated alkanes) is 3. The van der Waals surface area contributed by atoms with Crippen molar-refractivity contribution < 1.29 is 19.1 Å². The van der Waals surface area contributed by atoms with Crippen molar-refractivity contribution in [3.63, 3.8) is 0 Å². The van der Waals surface area contributed by atoms with Gasteiger partial charge in [0.25, 0.3) is 0 Å². The second-order valence-corrected chi connectivity index (χ2v) is 4.79. The quantitative estimate of drug-likeness (QED) is 0.389. The third kappa shape index (κ3) is 6.97. The summed E-state index contributed by atoms with van der Waals surface area (Å²) in [6, 6.07) is 0. The number of hydrogen-bond donors (Lipinski definition) is 0. The molecule has 0 N–H and O–H groups in total. The fourth-order valence-electron chi connectivity index (χ4n) is 1.07. The van der Waals surface area contributed by atoms with Crippen LogP contribution in [0.25, 0.3) is 0 Å². The van der Waals surface area contributed by atoms with Crippen LogP contribution in [0.4, 0.5) is 4.79 Å². The number of hydrogen-bond acceptors (Lipinski definition) is 4. The molecule has 0 atom stereocenters. The molecule has 0 fully saturated rings. The fraction of sp³-hybridized carbons (Fsp3) is 0.846. The monoisotopic (exact) mass is 244 g/mol. The molecule has 0 unspecified atom stereocenters. The van der Waals surface area contributed by atoms with Gasteiger partial charge in [-0.25, -0.2) is 4.79 Å². The van der Waals surface area contributed by atoms with Gasteiger partial charge in [0.15, 0.2) is 0 Å². The molecule has 0 saturated heterocycles. The van der Waals surface area contributed by atoms with Gasteiger partial charge in [0.1, 0.15) is 0 Å². The van der Waals surface area contributed by atoms with Crippen molar-refractivity contribution >= 4 is 12.1 Å². The highest BCUT2D eigenvalue weighted by Gasteiger charge is 2.29. The molecule has 17 heavy (non-hydrogen) atoms. The minimum atomic E-state index is -0.881. The van der Waals surface area contributed by atoms with Crippen molar-refractivity contribution in [2.75, 3.05) is 6.61 Å². The number of esters is 1. The molecule has 0 spiro atoms. The molecule has 0 aromatic carbocycles. The molecular formula is C13H24O4. The maximum Gasteiger partial charge on any atom is 0.516 e. The Bertz CT molecular complexity index is 246. The third-order valence-corrected chi connectivity index (χ3v) is 2.83. The molecular weight excluding hydrogens is 220 g/mol. The zero-order valence-corrected chi connectivity index (χ0v) is 11.4. The van der Waals surface area contributed by atoms with E-state index in [1.54, 1.807) is 13.8 Å². The Morgan fingerprint density at radius 3 is 2.24 bits per heavy atom. The summed E-state index contributed by atoms with van der Waals surface area (Å²) < 4.78 is 9.43. The zero-order chi connectivity index (χ0) is 13.3. The molecule has 0 aliphatic carbocycles. The van der Waals surface area contributed by atoms with Gasteiger partial charge in [-0.3, -0.25) is 4.79 Å². The standard InChI is InChI=1S/C13H24O4/c1-5-7-8-9-10-16-12(15)17-11(14)13(3,4)6-2/h5-10H2,1-4H3. The van der Waals surface area contributed by atoms with E-state index in [0.29, 0.717) is 13.0 Å². The van der Waals surface area contributed by atoms with Crippen LogP contribution >= 0.6 is 0 Å². The highest BCUT2D eigenvalue weighted by molar-refractivity contribution is 5.85. The van der Waals surface area contributed by atoms with Gasteiger partial charge in [0, 0.05) is 0 Å². The number of rotatable bonds is 7. The first-order valence-electron chi connectivity index (χ1n) is 6.33. The predicted molar refractivity (Wildman–Crippen MR) is 65.7 cm³/mol. The summed E-state index contributed by atoms with van der Waals surface area (Å²) in [5.74, 6) is -0.529. The zero-order valence-electron chi connectivity index (χ0n) is 11.4. The summed E-state index contributed by atoms with van der Waals surface area (Å²) in [4.78, 5) is 22.7. The minimum absolute atomic E-state index is 0.318. The Morgan fingerprint density at radius 2 is 1.71 bits per heavy atom. The smallest absolute Gasteiger partial charge is 0.434 e. The Hall–Kier alpha value is -1.06. The van der Waals surface area contributed by atoms with Gasteiger partial charge in [-0.15, -0.1) is 0 Å². The van der Waals surface area contributed by atoms with Crippen molar-refractivity contribution in [3.8, 4) is 0 Å². The Kier molecular flexibility index (Phi) is 7.59. The highest BCUT2D eigenvalue weighted by Crippen LogP contribution is 2.21. The molecule has 4 heteroatoms. The number of carbonyl (C=O) groups excluding carboxylic acids is 2. The summed E-state index contributed by atoms with van der Waals surface area (Å²) in [5.41, 5.74) is -0.638. The first-order valence-corrected chi connectivity index (χ1v) is 6.33. The van der Waals surface area contributed by atoms with Gasteiger partial charge in [0.2, 0.25) is 0 Å². The molecule has 0 bridgehead atoms. The van der Waals surface area contributed by atoms with Crippen LogP contribution in [0.2, 0.25) is 0 Å². The first kappa shape index (κ1) is 15.9. The van der Waals surface area contributed by atoms with Crippen LogP contribution in [0.5, 0.6) is 0 Å². The molecule has 0 heterocycles. The van der Waals surface area contributed by atoms with Crippen LogP contribution in [0, 0.1) is 5.41 Å². The first-order chi connectivity index (χ1) is 7.94. The molecule has 0 radical (unpaired) electrons. The van der Waals surface area contributed by atoms with Gasteiger partial charge >= 0.3 is 12.1 Å². The van der Waals surface area contributed by atoms with Crippen LogP contribution in [0.1, 0.15) is 59.8 Å². The normalized spacial score (nSPS) is 11.1. The molecule has 4 nitrogen and oxygen atoms in total. The van der Waals surface area contributed by atoms with Gasteiger partial charge in [0.05, 0.1) is 12.0 Å². The Balaban J connectivity index is 3.76. The summed E-state index contributed by atoms with van der Waals surface area (Å²) in [6.45, 7) is 7.78. The van der Waals surface area contributed by atoms with E-state index in [1.165, 1.54) is 0 Å². The van der Waals surface area contributed by atoms with E-state index < -0.39 is 17.5 Å². The minimum Gasteiger partial charge on any atom is -0.434 e. The third-order valence-electron chi connectivity index (χ3n) is 2.83. The van der Waals surface area contributed by atoms with E-state index in [1.807, 2.05) is 6.92 Å². The van der Waals surface area contributed by atoms with E-state index in [-0.39, 0.29) is 0 Å². The van der Waals surface area contributed by atoms with Gasteiger partial charge in [-0.2, -0.15) is 0 Å². The lowest BCUT2D eigenvalue weighted by Crippen LogP contribution is -2.28. The van der Waals surface area contributed by atoms with Crippen LogP contribution < -0.4 is 0 Å². The second kappa shape index (κ2) is 8.09. The number of ether oxygens (including phenoxy) is 2. The van der Waals surface area contributed by atoms with E-state index in [4.69, 9.17) is 4.74 Å². The van der Waals surface area contributed by atoms with Gasteiger partial charge in [-0.05, 0) is 26.7 Å². The second-order valence-electron chi connectivity index (χ2n) is 4.79. The highest BCUT2D eigenvalue weighted by atomic mass is 16.7. The predicted octanol–water partition coefficient (Wildman–Crippen LogP) is 3.68. The van der Waals surface area contributed by atoms with Crippen LogP contribution in [0.3, 0.4) is 0 Å². The Labute approximate surface area is 104 Å². The van der Waals surface area contributed by atoms with Crippen LogP contribution in [-0.2, 0) is 14.3 Å². The van der Waals surface area contributed by atoms with Crippen molar-refractivity contribution in [1.29, 1.82) is 0 Å². The lowest BCUT2D eigenvalue weighted by Gasteiger charge is -2.18. The van der Waals surface area contributed by atoms with Gasteiger partial charge < -0.3 is 9.47 Å². The van der Waals surface area contributed by atoms with E-state index >= 15 is 0 Å². The van der Waals surface area contributed by atoms with E-state index in [0.717, 1.165) is 25.7 Å². The van der Waals surface area contributed by atoms with Crippen LogP contribution in [0.15, 0.2) is 0 Å².